The number of urea groups is 1. The second kappa shape index (κ2) is 4.39. The van der Waals surface area contributed by atoms with Crippen LogP contribution in [0.5, 0.6) is 5.75 Å². The fourth-order valence-electron chi connectivity index (χ4n) is 3.54. The van der Waals surface area contributed by atoms with Crippen LogP contribution in [0.3, 0.4) is 0 Å². The van der Waals surface area contributed by atoms with Crippen molar-refractivity contribution < 1.29 is 9.53 Å². The first kappa shape index (κ1) is 13.2. The molecule has 0 unspecified atom stereocenters. The summed E-state index contributed by atoms with van der Waals surface area (Å²) in [4.78, 5) is 19.0. The van der Waals surface area contributed by atoms with Gasteiger partial charge in [0.2, 0.25) is 0 Å². The lowest BCUT2D eigenvalue weighted by atomic mass is 10.1. The summed E-state index contributed by atoms with van der Waals surface area (Å²) in [5.41, 5.74) is 1.96. The van der Waals surface area contributed by atoms with Crippen molar-refractivity contribution in [1.82, 2.24) is 10.3 Å². The molecule has 5 nitrogen and oxygen atoms in total. The van der Waals surface area contributed by atoms with Gasteiger partial charge in [0.25, 0.3) is 0 Å². The zero-order chi connectivity index (χ0) is 15.6. The monoisotopic (exact) mass is 325 g/mol. The number of hydrogen-bond acceptors (Lipinski definition) is 4. The van der Waals surface area contributed by atoms with E-state index in [1.807, 2.05) is 19.1 Å². The smallest absolute Gasteiger partial charge is 0.325 e. The summed E-state index contributed by atoms with van der Waals surface area (Å²) in [6, 6.07) is 3.83. The van der Waals surface area contributed by atoms with Crippen LogP contribution in [0.4, 0.5) is 9.93 Å². The van der Waals surface area contributed by atoms with Crippen molar-refractivity contribution in [1.29, 1.82) is 0 Å². The molecule has 1 aromatic carbocycles. The molecule has 0 radical (unpaired) electrons. The highest BCUT2D eigenvalue weighted by Gasteiger charge is 2.59. The van der Waals surface area contributed by atoms with E-state index in [0.29, 0.717) is 6.61 Å². The third-order valence-electron chi connectivity index (χ3n) is 4.85. The van der Waals surface area contributed by atoms with Crippen LogP contribution in [0, 0.1) is 11.8 Å². The summed E-state index contributed by atoms with van der Waals surface area (Å²) in [5.74, 6) is 7.10. The highest BCUT2D eigenvalue weighted by Crippen LogP contribution is 2.47. The summed E-state index contributed by atoms with van der Waals surface area (Å²) < 4.78 is 6.71. The number of rotatable bonds is 1. The van der Waals surface area contributed by atoms with Crippen LogP contribution < -0.4 is 15.0 Å². The Morgan fingerprint density at radius 3 is 3.13 bits per heavy atom. The number of carbonyl (C=O) groups is 1. The van der Waals surface area contributed by atoms with E-state index in [2.05, 4.69) is 17.2 Å². The molecule has 23 heavy (non-hydrogen) atoms. The van der Waals surface area contributed by atoms with Crippen molar-refractivity contribution in [2.75, 3.05) is 11.5 Å². The van der Waals surface area contributed by atoms with Crippen molar-refractivity contribution in [3.63, 3.8) is 0 Å². The van der Waals surface area contributed by atoms with Gasteiger partial charge in [-0.05, 0) is 31.9 Å². The average molecular weight is 325 g/mol. The van der Waals surface area contributed by atoms with Gasteiger partial charge in [-0.15, -0.1) is 5.92 Å². The summed E-state index contributed by atoms with van der Waals surface area (Å²) in [7, 11) is 0. The fraction of sp³-hybridized carbons (Fsp3) is 0.412. The van der Waals surface area contributed by atoms with Crippen LogP contribution in [0.25, 0.3) is 10.2 Å². The number of amides is 2. The zero-order valence-corrected chi connectivity index (χ0v) is 13.5. The van der Waals surface area contributed by atoms with Gasteiger partial charge >= 0.3 is 6.03 Å². The van der Waals surface area contributed by atoms with Gasteiger partial charge in [0.1, 0.15) is 11.8 Å². The molecule has 2 fully saturated rings. The quantitative estimate of drug-likeness (QED) is 0.820. The standard InChI is InChI=1S/C17H15N3O2S/c1-2-3-13-17(7-8-17)19-15(21)20(13)16-18-14-10-6-9-22-11(10)4-5-12(14)23-16/h4-5,13H,6-9H2,1H3,(H,19,21)/t13-/m1/s1. The molecule has 6 heteroatoms. The van der Waals surface area contributed by atoms with E-state index in [1.165, 1.54) is 0 Å². The molecule has 2 amide bonds. The molecule has 0 bridgehead atoms. The Morgan fingerprint density at radius 1 is 1.48 bits per heavy atom. The average Bonchev–Trinajstić information content (AvgIpc) is 2.89. The maximum Gasteiger partial charge on any atom is 0.325 e. The van der Waals surface area contributed by atoms with Crippen molar-refractivity contribution in [3.8, 4) is 17.6 Å². The van der Waals surface area contributed by atoms with Crippen LogP contribution in [0.2, 0.25) is 0 Å². The number of fused-ring (bicyclic) bond motifs is 3. The number of nitrogens with one attached hydrogen (secondary N) is 1. The van der Waals surface area contributed by atoms with Crippen LogP contribution in [-0.2, 0) is 6.42 Å². The Balaban J connectivity index is 1.64. The second-order valence-corrected chi connectivity index (χ2v) is 7.25. The lowest BCUT2D eigenvalue weighted by Gasteiger charge is -2.18. The van der Waals surface area contributed by atoms with E-state index in [9.17, 15) is 4.79 Å². The Kier molecular flexibility index (Phi) is 2.52. The SMILES string of the molecule is CC#C[C@H]1N(c2nc3c4c(ccc3s2)OCC4)C(=O)NC12CC2. The zero-order valence-electron chi connectivity index (χ0n) is 12.7. The maximum absolute atomic E-state index is 12.5. The highest BCUT2D eigenvalue weighted by atomic mass is 32.1. The van der Waals surface area contributed by atoms with E-state index in [1.54, 1.807) is 16.2 Å². The number of benzene rings is 1. The minimum Gasteiger partial charge on any atom is -0.493 e. The van der Waals surface area contributed by atoms with E-state index in [4.69, 9.17) is 9.72 Å². The first-order valence-corrected chi connectivity index (χ1v) is 8.62. The molecule has 1 aromatic heterocycles. The molecular formula is C17H15N3O2S. The lowest BCUT2D eigenvalue weighted by molar-refractivity contribution is 0.250. The van der Waals surface area contributed by atoms with Gasteiger partial charge in [-0.1, -0.05) is 17.3 Å². The molecule has 1 aliphatic carbocycles. The van der Waals surface area contributed by atoms with Crippen molar-refractivity contribution in [3.05, 3.63) is 17.7 Å². The predicted molar refractivity (Wildman–Crippen MR) is 89.0 cm³/mol. The molecule has 2 aromatic rings. The Bertz CT molecular complexity index is 904. The number of carbonyl (C=O) groups excluding carboxylic acids is 1. The summed E-state index contributed by atoms with van der Waals surface area (Å²) >= 11 is 1.55. The van der Waals surface area contributed by atoms with Crippen molar-refractivity contribution >= 4 is 32.7 Å². The fourth-order valence-corrected chi connectivity index (χ4v) is 4.56. The molecule has 1 saturated heterocycles. The molecular weight excluding hydrogens is 310 g/mol. The molecule has 1 N–H and O–H groups in total. The third-order valence-corrected chi connectivity index (χ3v) is 5.87. The van der Waals surface area contributed by atoms with Gasteiger partial charge in [0, 0.05) is 12.0 Å². The van der Waals surface area contributed by atoms with E-state index in [0.717, 1.165) is 45.9 Å². The van der Waals surface area contributed by atoms with Gasteiger partial charge in [-0.25, -0.2) is 9.78 Å². The molecule has 3 heterocycles. The van der Waals surface area contributed by atoms with E-state index in [-0.39, 0.29) is 17.6 Å². The molecule has 1 saturated carbocycles. The minimum atomic E-state index is -0.164. The normalized spacial score (nSPS) is 23.4. The van der Waals surface area contributed by atoms with Crippen LogP contribution >= 0.6 is 11.3 Å². The second-order valence-electron chi connectivity index (χ2n) is 6.24. The van der Waals surface area contributed by atoms with Gasteiger partial charge in [0.15, 0.2) is 5.13 Å². The third kappa shape index (κ3) is 1.74. The summed E-state index contributed by atoms with van der Waals surface area (Å²) in [6.07, 6.45) is 2.86. The lowest BCUT2D eigenvalue weighted by Crippen LogP contribution is -2.37. The summed E-state index contributed by atoms with van der Waals surface area (Å²) in [6.45, 7) is 2.53. The number of ether oxygens (including phenoxy) is 1. The molecule has 5 rings (SSSR count). The maximum atomic E-state index is 12.5. The van der Waals surface area contributed by atoms with E-state index >= 15 is 0 Å². The predicted octanol–water partition coefficient (Wildman–Crippen LogP) is 2.69. The molecule has 1 atom stereocenters. The van der Waals surface area contributed by atoms with Crippen LogP contribution in [0.15, 0.2) is 12.1 Å². The topological polar surface area (TPSA) is 54.5 Å². The number of anilines is 1. The highest BCUT2D eigenvalue weighted by molar-refractivity contribution is 7.22. The summed E-state index contributed by atoms with van der Waals surface area (Å²) in [5, 5.41) is 3.84. The minimum absolute atomic E-state index is 0.0813. The Morgan fingerprint density at radius 2 is 2.35 bits per heavy atom. The molecule has 2 aliphatic heterocycles. The van der Waals surface area contributed by atoms with Gasteiger partial charge in [-0.2, -0.15) is 0 Å². The molecule has 116 valence electrons. The number of thiazole rings is 1. The number of nitrogens with zero attached hydrogens (tertiary/aromatic N) is 2. The largest absolute Gasteiger partial charge is 0.493 e. The first-order valence-electron chi connectivity index (χ1n) is 7.81. The van der Waals surface area contributed by atoms with Crippen molar-refractivity contribution in [2.24, 2.45) is 0 Å². The van der Waals surface area contributed by atoms with Crippen molar-refractivity contribution in [2.45, 2.75) is 37.8 Å². The van der Waals surface area contributed by atoms with Crippen LogP contribution in [0.1, 0.15) is 25.3 Å². The first-order chi connectivity index (χ1) is 11.2. The van der Waals surface area contributed by atoms with Gasteiger partial charge in [-0.3, -0.25) is 4.90 Å². The van der Waals surface area contributed by atoms with Crippen LogP contribution in [-0.4, -0.2) is 29.2 Å². The Labute approximate surface area is 137 Å². The Hall–Kier alpha value is -2.26. The number of hydrogen-bond donors (Lipinski definition) is 1. The van der Waals surface area contributed by atoms with E-state index < -0.39 is 0 Å². The van der Waals surface area contributed by atoms with Gasteiger partial charge in [0.05, 0.1) is 22.4 Å². The molecule has 1 spiro atoms. The molecule has 3 aliphatic rings. The van der Waals surface area contributed by atoms with Gasteiger partial charge < -0.3 is 10.1 Å². The number of aromatic nitrogens is 1.